The Hall–Kier alpha value is -2.20. The van der Waals surface area contributed by atoms with Crippen molar-refractivity contribution in [2.24, 2.45) is 0 Å². The number of hydrogen-bond acceptors (Lipinski definition) is 10. The molecule has 1 unspecified atom stereocenters. The van der Waals surface area contributed by atoms with E-state index in [0.29, 0.717) is 0 Å². The van der Waals surface area contributed by atoms with Gasteiger partial charge in [-0.05, 0) is 6.92 Å². The minimum atomic E-state index is -1.43. The van der Waals surface area contributed by atoms with Crippen LogP contribution in [0.1, 0.15) is 27.7 Å². The molecule has 0 bridgehead atoms. The van der Waals surface area contributed by atoms with Crippen molar-refractivity contribution in [3.63, 3.8) is 0 Å². The normalized spacial score (nSPS) is 28.6. The van der Waals surface area contributed by atoms with Crippen LogP contribution in [0.15, 0.2) is 0 Å². The van der Waals surface area contributed by atoms with E-state index in [0.717, 1.165) is 27.9 Å². The highest BCUT2D eigenvalue weighted by Gasteiger charge is 2.55. The van der Waals surface area contributed by atoms with Crippen molar-refractivity contribution < 1.29 is 47.6 Å². The highest BCUT2D eigenvalue weighted by molar-refractivity contribution is 5.77. The summed E-state index contributed by atoms with van der Waals surface area (Å²) in [5, 5.41) is 0. The number of carbonyl (C=O) groups excluding carboxylic acids is 4. The molecule has 0 radical (unpaired) electrons. The van der Waals surface area contributed by atoms with Gasteiger partial charge in [0, 0.05) is 27.4 Å². The minimum absolute atomic E-state index is 0.154. The van der Waals surface area contributed by atoms with Gasteiger partial charge in [-0.1, -0.05) is 0 Å². The molecule has 10 heteroatoms. The first-order valence-corrected chi connectivity index (χ1v) is 7.57. The van der Waals surface area contributed by atoms with E-state index in [1.807, 2.05) is 0 Å². The maximum absolute atomic E-state index is 12.0. The minimum Gasteiger partial charge on any atom is -0.467 e. The lowest BCUT2D eigenvalue weighted by atomic mass is 9.97. The van der Waals surface area contributed by atoms with Crippen molar-refractivity contribution in [2.45, 2.75) is 58.4 Å². The fourth-order valence-electron chi connectivity index (χ4n) is 2.38. The Morgan fingerprint density at radius 2 is 1.32 bits per heavy atom. The Bertz CT molecular complexity index is 516. The molecule has 0 aliphatic carbocycles. The molecule has 1 aliphatic rings. The van der Waals surface area contributed by atoms with Gasteiger partial charge in [-0.2, -0.15) is 0 Å². The zero-order valence-electron chi connectivity index (χ0n) is 14.7. The predicted molar refractivity (Wildman–Crippen MR) is 79.0 cm³/mol. The van der Waals surface area contributed by atoms with Crippen LogP contribution < -0.4 is 0 Å². The highest BCUT2D eigenvalue weighted by atomic mass is 16.7. The molecule has 0 aromatic rings. The second kappa shape index (κ2) is 9.33. The van der Waals surface area contributed by atoms with Gasteiger partial charge >= 0.3 is 23.9 Å². The zero-order chi connectivity index (χ0) is 19.1. The third kappa shape index (κ3) is 5.68. The number of rotatable bonds is 6. The first-order valence-electron chi connectivity index (χ1n) is 7.57. The summed E-state index contributed by atoms with van der Waals surface area (Å²) in [5.74, 6) is -3.06. The molecule has 1 heterocycles. The molecule has 0 saturated carbocycles. The van der Waals surface area contributed by atoms with Gasteiger partial charge in [0.2, 0.25) is 0 Å². The molecule has 10 nitrogen and oxygen atoms in total. The van der Waals surface area contributed by atoms with Crippen molar-refractivity contribution in [3.8, 4) is 0 Å². The fraction of sp³-hybridized carbons (Fsp3) is 0.733. The van der Waals surface area contributed by atoms with Crippen LogP contribution in [0.3, 0.4) is 0 Å². The largest absolute Gasteiger partial charge is 0.467 e. The lowest BCUT2D eigenvalue weighted by molar-refractivity contribution is -0.300. The topological polar surface area (TPSA) is 124 Å². The molecule has 5 atom stereocenters. The van der Waals surface area contributed by atoms with Crippen LogP contribution in [0.25, 0.3) is 0 Å². The van der Waals surface area contributed by atoms with Gasteiger partial charge in [-0.3, -0.25) is 14.4 Å². The molecule has 0 spiro atoms. The third-order valence-electron chi connectivity index (χ3n) is 3.17. The second-order valence-electron chi connectivity index (χ2n) is 5.13. The Morgan fingerprint density at radius 1 is 0.840 bits per heavy atom. The number of hydrogen-bond donors (Lipinski definition) is 0. The molecule has 0 aromatic carbocycles. The summed E-state index contributed by atoms with van der Waals surface area (Å²) in [6.45, 7) is 5.17. The summed E-state index contributed by atoms with van der Waals surface area (Å²) in [5.41, 5.74) is 0. The second-order valence-corrected chi connectivity index (χ2v) is 5.13. The summed E-state index contributed by atoms with van der Waals surface area (Å²) in [7, 11) is 1.12. The molecular weight excluding hydrogens is 340 g/mol. The van der Waals surface area contributed by atoms with E-state index in [9.17, 15) is 19.2 Å². The maximum atomic E-state index is 12.0. The van der Waals surface area contributed by atoms with Gasteiger partial charge in [0.15, 0.2) is 30.7 Å². The van der Waals surface area contributed by atoms with Gasteiger partial charge in [-0.15, -0.1) is 0 Å². The van der Waals surface area contributed by atoms with Crippen LogP contribution in [-0.4, -0.2) is 68.3 Å². The van der Waals surface area contributed by atoms with Gasteiger partial charge in [-0.25, -0.2) is 4.79 Å². The molecule has 0 aromatic heterocycles. The predicted octanol–water partition coefficient (Wildman–Crippen LogP) is -0.284. The van der Waals surface area contributed by atoms with E-state index in [-0.39, 0.29) is 6.61 Å². The zero-order valence-corrected chi connectivity index (χ0v) is 14.7. The first-order chi connectivity index (χ1) is 11.7. The van der Waals surface area contributed by atoms with Crippen LogP contribution in [0, 0.1) is 0 Å². The Labute approximate surface area is 144 Å². The lowest BCUT2D eigenvalue weighted by Gasteiger charge is -2.43. The average molecular weight is 362 g/mol. The van der Waals surface area contributed by atoms with E-state index >= 15 is 0 Å². The molecule has 1 saturated heterocycles. The molecular formula is C15H22O10. The quantitative estimate of drug-likeness (QED) is 0.460. The first kappa shape index (κ1) is 20.8. The van der Waals surface area contributed by atoms with Gasteiger partial charge in [0.1, 0.15) is 0 Å². The van der Waals surface area contributed by atoms with Crippen LogP contribution in [-0.2, 0) is 47.6 Å². The Morgan fingerprint density at radius 3 is 1.76 bits per heavy atom. The van der Waals surface area contributed by atoms with Crippen molar-refractivity contribution in [1.29, 1.82) is 0 Å². The van der Waals surface area contributed by atoms with E-state index in [1.54, 1.807) is 6.92 Å². The number of esters is 4. The van der Waals surface area contributed by atoms with Crippen LogP contribution in [0.5, 0.6) is 0 Å². The molecule has 142 valence electrons. The number of ether oxygens (including phenoxy) is 6. The van der Waals surface area contributed by atoms with Crippen molar-refractivity contribution in [3.05, 3.63) is 0 Å². The summed E-state index contributed by atoms with van der Waals surface area (Å²) in [6.07, 6.45) is -6.60. The van der Waals surface area contributed by atoms with E-state index in [2.05, 4.69) is 4.74 Å². The van der Waals surface area contributed by atoms with Crippen LogP contribution in [0.4, 0.5) is 0 Å². The fourth-order valence-corrected chi connectivity index (χ4v) is 2.38. The SMILES string of the molecule is CCOC1O[C@H](C(=O)OC)[C@@H](OC(C)=O)[C@H](OC(C)=O)[C@H]1OC(C)=O. The van der Waals surface area contributed by atoms with E-state index in [4.69, 9.17) is 23.7 Å². The Balaban J connectivity index is 3.31. The van der Waals surface area contributed by atoms with E-state index in [1.165, 1.54) is 0 Å². The molecule has 1 aliphatic heterocycles. The summed E-state index contributed by atoms with van der Waals surface area (Å²) >= 11 is 0. The molecule has 0 N–H and O–H groups in total. The molecule has 0 amide bonds. The van der Waals surface area contributed by atoms with Crippen molar-refractivity contribution in [2.75, 3.05) is 13.7 Å². The lowest BCUT2D eigenvalue weighted by Crippen LogP contribution is -2.63. The standard InChI is InChI=1S/C15H22O10/c1-6-21-15-13(24-9(4)18)11(23-8(3)17)10(22-7(2)16)12(25-15)14(19)20-5/h10-13,15H,6H2,1-5H3/t10-,11-,12-,13+,15?/m0/s1. The van der Waals surface area contributed by atoms with Gasteiger partial charge < -0.3 is 28.4 Å². The number of carbonyl (C=O) groups is 4. The van der Waals surface area contributed by atoms with E-state index < -0.39 is 54.6 Å². The Kier molecular flexibility index (Phi) is 7.78. The maximum Gasteiger partial charge on any atom is 0.339 e. The van der Waals surface area contributed by atoms with Crippen LogP contribution in [0.2, 0.25) is 0 Å². The third-order valence-corrected chi connectivity index (χ3v) is 3.17. The highest BCUT2D eigenvalue weighted by Crippen LogP contribution is 2.30. The number of methoxy groups -OCH3 is 1. The van der Waals surface area contributed by atoms with Gasteiger partial charge in [0.05, 0.1) is 7.11 Å². The summed E-state index contributed by atoms with van der Waals surface area (Å²) in [6, 6.07) is 0. The summed E-state index contributed by atoms with van der Waals surface area (Å²) < 4.78 is 30.8. The monoisotopic (exact) mass is 362 g/mol. The van der Waals surface area contributed by atoms with Crippen molar-refractivity contribution in [1.82, 2.24) is 0 Å². The van der Waals surface area contributed by atoms with Crippen LogP contribution >= 0.6 is 0 Å². The summed E-state index contributed by atoms with van der Waals surface area (Å²) in [4.78, 5) is 46.4. The van der Waals surface area contributed by atoms with Crippen molar-refractivity contribution >= 4 is 23.9 Å². The smallest absolute Gasteiger partial charge is 0.339 e. The molecule has 25 heavy (non-hydrogen) atoms. The average Bonchev–Trinajstić information content (AvgIpc) is 2.50. The van der Waals surface area contributed by atoms with Gasteiger partial charge in [0.25, 0.3) is 0 Å². The molecule has 1 rings (SSSR count). The molecule has 1 fully saturated rings.